The van der Waals surface area contributed by atoms with E-state index >= 15 is 0 Å². The van der Waals surface area contributed by atoms with Crippen LogP contribution in [-0.4, -0.2) is 22.2 Å². The van der Waals surface area contributed by atoms with Crippen LogP contribution in [0, 0.1) is 11.6 Å². The minimum absolute atomic E-state index is 0.264. The second-order valence-corrected chi connectivity index (χ2v) is 8.57. The van der Waals surface area contributed by atoms with Crippen molar-refractivity contribution in [3.8, 4) is 22.4 Å². The van der Waals surface area contributed by atoms with Gasteiger partial charge in [0, 0.05) is 22.4 Å². The van der Waals surface area contributed by atoms with Gasteiger partial charge >= 0.3 is 5.97 Å². The minimum Gasteiger partial charge on any atom is -0.466 e. The maximum Gasteiger partial charge on any atom is 0.313 e. The number of rotatable bonds is 9. The summed E-state index contributed by atoms with van der Waals surface area (Å²) in [6.07, 6.45) is 3.07. The molecule has 2 aromatic carbocycles. The summed E-state index contributed by atoms with van der Waals surface area (Å²) in [5.41, 5.74) is 5.45. The van der Waals surface area contributed by atoms with Crippen molar-refractivity contribution in [2.24, 2.45) is 0 Å². The summed E-state index contributed by atoms with van der Waals surface area (Å²) < 4.78 is 35.1. The highest BCUT2D eigenvalue weighted by molar-refractivity contribution is 5.93. The van der Waals surface area contributed by atoms with Gasteiger partial charge in [-0.25, -0.2) is 13.3 Å². The highest BCUT2D eigenvalue weighted by Gasteiger charge is 2.31. The second kappa shape index (κ2) is 10.8. The summed E-state index contributed by atoms with van der Waals surface area (Å²) in [6.45, 7) is 6.18. The lowest BCUT2D eigenvalue weighted by molar-refractivity contribution is -0.145. The largest absolute Gasteiger partial charge is 0.466 e. The standard InChI is InChI=1S/C29H30F2N2O2/c1-4-7-8-24(29(34)35-6-3)27-26(19-9-13-21(30)14-10-19)25-18-17-23(5-2)33(25)32-28(27)20-11-15-22(31)16-12-20/h9-18,24H,4-8H2,1-3H3. The molecule has 1 unspecified atom stereocenters. The van der Waals surface area contributed by atoms with E-state index < -0.39 is 5.92 Å². The van der Waals surface area contributed by atoms with Gasteiger partial charge < -0.3 is 4.74 Å². The number of aromatic nitrogens is 2. The lowest BCUT2D eigenvalue weighted by atomic mass is 9.84. The summed E-state index contributed by atoms with van der Waals surface area (Å²) >= 11 is 0. The molecule has 0 aliphatic heterocycles. The van der Waals surface area contributed by atoms with E-state index in [4.69, 9.17) is 9.84 Å². The van der Waals surface area contributed by atoms with Crippen molar-refractivity contribution in [1.29, 1.82) is 0 Å². The monoisotopic (exact) mass is 476 g/mol. The summed E-state index contributed by atoms with van der Waals surface area (Å²) in [7, 11) is 0. The zero-order valence-electron chi connectivity index (χ0n) is 20.4. The molecule has 6 heteroatoms. The number of halogens is 2. The number of carbonyl (C=O) groups excluding carboxylic acids is 1. The van der Waals surface area contributed by atoms with Crippen molar-refractivity contribution in [3.05, 3.63) is 83.6 Å². The molecule has 0 amide bonds. The normalized spacial score (nSPS) is 12.1. The Bertz CT molecular complexity index is 1310. The van der Waals surface area contributed by atoms with Gasteiger partial charge in [-0.3, -0.25) is 4.79 Å². The quantitative estimate of drug-likeness (QED) is 0.237. The fraction of sp³-hybridized carbons (Fsp3) is 0.310. The molecular formula is C29H30F2N2O2. The molecule has 0 radical (unpaired) electrons. The van der Waals surface area contributed by atoms with Crippen LogP contribution in [0.2, 0.25) is 0 Å². The van der Waals surface area contributed by atoms with Gasteiger partial charge in [0.15, 0.2) is 0 Å². The molecule has 1 atom stereocenters. The third-order valence-electron chi connectivity index (χ3n) is 6.29. The molecule has 0 fully saturated rings. The molecular weight excluding hydrogens is 446 g/mol. The number of hydrogen-bond acceptors (Lipinski definition) is 3. The van der Waals surface area contributed by atoms with Crippen LogP contribution in [0.3, 0.4) is 0 Å². The Hall–Kier alpha value is -3.54. The Morgan fingerprint density at radius 1 is 0.914 bits per heavy atom. The Morgan fingerprint density at radius 2 is 1.54 bits per heavy atom. The molecule has 4 rings (SSSR count). The number of esters is 1. The molecule has 2 aromatic heterocycles. The Balaban J connectivity index is 2.13. The summed E-state index contributed by atoms with van der Waals surface area (Å²) in [5, 5.41) is 4.99. The van der Waals surface area contributed by atoms with Crippen molar-refractivity contribution in [3.63, 3.8) is 0 Å². The lowest BCUT2D eigenvalue weighted by Gasteiger charge is -2.24. The number of hydrogen-bond donors (Lipinski definition) is 0. The number of unbranched alkanes of at least 4 members (excludes halogenated alkanes) is 1. The molecule has 4 nitrogen and oxygen atoms in total. The second-order valence-electron chi connectivity index (χ2n) is 8.57. The van der Waals surface area contributed by atoms with Crippen LogP contribution < -0.4 is 0 Å². The van der Waals surface area contributed by atoms with E-state index in [9.17, 15) is 13.6 Å². The van der Waals surface area contributed by atoms with Crippen molar-refractivity contribution in [2.75, 3.05) is 6.61 Å². The highest BCUT2D eigenvalue weighted by atomic mass is 19.1. The third kappa shape index (κ3) is 4.97. The highest BCUT2D eigenvalue weighted by Crippen LogP contribution is 2.42. The van der Waals surface area contributed by atoms with Gasteiger partial charge in [-0.2, -0.15) is 5.10 Å². The molecule has 0 N–H and O–H groups in total. The van der Waals surface area contributed by atoms with Crippen LogP contribution in [0.1, 0.15) is 57.2 Å². The van der Waals surface area contributed by atoms with Crippen LogP contribution in [-0.2, 0) is 16.0 Å². The van der Waals surface area contributed by atoms with Crippen LogP contribution in [0.4, 0.5) is 8.78 Å². The molecule has 0 spiro atoms. The fourth-order valence-electron chi connectivity index (χ4n) is 4.57. The smallest absolute Gasteiger partial charge is 0.313 e. The minimum atomic E-state index is -0.576. The first-order valence-corrected chi connectivity index (χ1v) is 12.2. The average Bonchev–Trinajstić information content (AvgIpc) is 3.28. The van der Waals surface area contributed by atoms with E-state index in [0.717, 1.165) is 47.2 Å². The molecule has 0 saturated heterocycles. The summed E-state index contributed by atoms with van der Waals surface area (Å²) in [4.78, 5) is 13.3. The van der Waals surface area contributed by atoms with Crippen LogP contribution in [0.5, 0.6) is 0 Å². The summed E-state index contributed by atoms with van der Waals surface area (Å²) in [6, 6.07) is 16.4. The molecule has 0 bridgehead atoms. The first-order chi connectivity index (χ1) is 17.0. The van der Waals surface area contributed by atoms with Crippen LogP contribution in [0.25, 0.3) is 27.9 Å². The maximum atomic E-state index is 13.9. The van der Waals surface area contributed by atoms with Gasteiger partial charge in [-0.15, -0.1) is 0 Å². The van der Waals surface area contributed by atoms with E-state index in [-0.39, 0.29) is 24.2 Å². The van der Waals surface area contributed by atoms with Gasteiger partial charge in [-0.1, -0.05) is 38.8 Å². The number of fused-ring (bicyclic) bond motifs is 1. The van der Waals surface area contributed by atoms with E-state index in [1.54, 1.807) is 31.2 Å². The van der Waals surface area contributed by atoms with Gasteiger partial charge in [0.05, 0.1) is 23.7 Å². The number of benzene rings is 2. The Labute approximate surface area is 204 Å². The number of aryl methyl sites for hydroxylation is 1. The van der Waals surface area contributed by atoms with E-state index in [1.807, 2.05) is 16.6 Å². The number of nitrogens with zero attached hydrogens (tertiary/aromatic N) is 2. The Morgan fingerprint density at radius 3 is 2.11 bits per heavy atom. The first-order valence-electron chi connectivity index (χ1n) is 12.2. The molecule has 4 aromatic rings. The molecule has 2 heterocycles. The zero-order chi connectivity index (χ0) is 24.9. The maximum absolute atomic E-state index is 13.9. The predicted octanol–water partition coefficient (Wildman–Crippen LogP) is 7.35. The van der Waals surface area contributed by atoms with Gasteiger partial charge in [-0.05, 0) is 73.9 Å². The molecule has 182 valence electrons. The van der Waals surface area contributed by atoms with Crippen LogP contribution in [0.15, 0.2) is 60.7 Å². The van der Waals surface area contributed by atoms with E-state index in [1.165, 1.54) is 24.3 Å². The van der Waals surface area contributed by atoms with Crippen LogP contribution >= 0.6 is 0 Å². The van der Waals surface area contributed by atoms with Crippen molar-refractivity contribution >= 4 is 11.5 Å². The lowest BCUT2D eigenvalue weighted by Crippen LogP contribution is -2.20. The Kier molecular flexibility index (Phi) is 7.59. The predicted molar refractivity (Wildman–Crippen MR) is 134 cm³/mol. The molecule has 35 heavy (non-hydrogen) atoms. The zero-order valence-corrected chi connectivity index (χ0v) is 20.4. The molecule has 0 saturated carbocycles. The van der Waals surface area contributed by atoms with Gasteiger partial charge in [0.2, 0.25) is 0 Å². The van der Waals surface area contributed by atoms with E-state index in [2.05, 4.69) is 13.8 Å². The molecule has 0 aliphatic rings. The first kappa shape index (κ1) is 24.6. The third-order valence-corrected chi connectivity index (χ3v) is 6.29. The summed E-state index contributed by atoms with van der Waals surface area (Å²) in [5.74, 6) is -1.58. The average molecular weight is 477 g/mol. The van der Waals surface area contributed by atoms with Crippen molar-refractivity contribution in [1.82, 2.24) is 9.61 Å². The number of carbonyl (C=O) groups is 1. The number of ether oxygens (including phenoxy) is 1. The van der Waals surface area contributed by atoms with E-state index in [0.29, 0.717) is 17.7 Å². The van der Waals surface area contributed by atoms with Gasteiger partial charge in [0.1, 0.15) is 11.6 Å². The van der Waals surface area contributed by atoms with Gasteiger partial charge in [0.25, 0.3) is 0 Å². The topological polar surface area (TPSA) is 43.6 Å². The molecule has 0 aliphatic carbocycles. The SMILES string of the molecule is CCCCC(C(=O)OCC)c1c(-c2ccc(F)cc2)nn2c(CC)ccc2c1-c1ccc(F)cc1. The fourth-order valence-corrected chi connectivity index (χ4v) is 4.57. The van der Waals surface area contributed by atoms with Crippen molar-refractivity contribution in [2.45, 2.75) is 52.4 Å². The van der Waals surface area contributed by atoms with Crippen molar-refractivity contribution < 1.29 is 18.3 Å².